The Balaban J connectivity index is 2.00. The molecule has 0 aliphatic heterocycles. The molecule has 0 unspecified atom stereocenters. The van der Waals surface area contributed by atoms with E-state index in [1.54, 1.807) is 6.20 Å². The lowest BCUT2D eigenvalue weighted by atomic mass is 10.1. The van der Waals surface area contributed by atoms with Crippen LogP contribution in [0.4, 0.5) is 5.82 Å². The summed E-state index contributed by atoms with van der Waals surface area (Å²) in [5, 5.41) is 15.6. The van der Waals surface area contributed by atoms with Gasteiger partial charge in [0.15, 0.2) is 6.33 Å². The minimum atomic E-state index is 0.559. The molecule has 0 bridgehead atoms. The van der Waals surface area contributed by atoms with E-state index in [1.165, 1.54) is 6.33 Å². The van der Waals surface area contributed by atoms with Crippen molar-refractivity contribution >= 4 is 5.82 Å². The molecule has 2 aromatic heterocycles. The van der Waals surface area contributed by atoms with Crippen LogP contribution in [0.15, 0.2) is 23.1 Å². The van der Waals surface area contributed by atoms with Gasteiger partial charge in [-0.3, -0.25) is 0 Å². The Hall–Kier alpha value is -2.42. The van der Waals surface area contributed by atoms with E-state index in [0.29, 0.717) is 30.2 Å². The molecule has 0 radical (unpaired) electrons. The van der Waals surface area contributed by atoms with Crippen LogP contribution in [0, 0.1) is 18.3 Å². The summed E-state index contributed by atoms with van der Waals surface area (Å²) < 4.78 is 4.87. The maximum atomic E-state index is 9.01. The standard InChI is InChI=1S/C11H11N5O/c1-8-2-4-13-11(9(8)6-12)14-5-3-10-15-7-16-17-10/h2,4,7H,3,5H2,1H3,(H,13,14). The molecule has 17 heavy (non-hydrogen) atoms. The van der Waals surface area contributed by atoms with Crippen LogP contribution in [0.3, 0.4) is 0 Å². The van der Waals surface area contributed by atoms with Crippen molar-refractivity contribution in [3.05, 3.63) is 35.6 Å². The van der Waals surface area contributed by atoms with Crippen molar-refractivity contribution in [2.75, 3.05) is 11.9 Å². The van der Waals surface area contributed by atoms with Gasteiger partial charge in [-0.1, -0.05) is 5.16 Å². The summed E-state index contributed by atoms with van der Waals surface area (Å²) in [4.78, 5) is 8.03. The minimum Gasteiger partial charge on any atom is -0.368 e. The molecule has 0 aromatic carbocycles. The van der Waals surface area contributed by atoms with E-state index in [2.05, 4.69) is 26.5 Å². The molecule has 0 aliphatic rings. The van der Waals surface area contributed by atoms with Crippen LogP contribution >= 0.6 is 0 Å². The third kappa shape index (κ3) is 2.58. The zero-order valence-electron chi connectivity index (χ0n) is 9.34. The Morgan fingerprint density at radius 2 is 2.35 bits per heavy atom. The summed E-state index contributed by atoms with van der Waals surface area (Å²) in [5.41, 5.74) is 1.47. The van der Waals surface area contributed by atoms with Gasteiger partial charge in [0, 0.05) is 19.2 Å². The second-order valence-electron chi connectivity index (χ2n) is 3.48. The summed E-state index contributed by atoms with van der Waals surface area (Å²) in [6, 6.07) is 3.94. The number of aromatic nitrogens is 3. The molecular weight excluding hydrogens is 218 g/mol. The molecule has 0 spiro atoms. The molecular formula is C11H11N5O. The Bertz CT molecular complexity index is 529. The lowest BCUT2D eigenvalue weighted by molar-refractivity contribution is 0.379. The largest absolute Gasteiger partial charge is 0.368 e. The molecule has 0 atom stereocenters. The second kappa shape index (κ2) is 5.07. The van der Waals surface area contributed by atoms with Crippen molar-refractivity contribution in [3.63, 3.8) is 0 Å². The zero-order valence-corrected chi connectivity index (χ0v) is 9.34. The van der Waals surface area contributed by atoms with Gasteiger partial charge in [-0.25, -0.2) is 4.98 Å². The molecule has 6 nitrogen and oxygen atoms in total. The molecule has 0 saturated carbocycles. The Labute approximate surface area is 98.3 Å². The van der Waals surface area contributed by atoms with Crippen LogP contribution in [0.5, 0.6) is 0 Å². The van der Waals surface area contributed by atoms with Crippen molar-refractivity contribution in [1.82, 2.24) is 15.1 Å². The lowest BCUT2D eigenvalue weighted by Crippen LogP contribution is -2.08. The number of hydrogen-bond acceptors (Lipinski definition) is 6. The minimum absolute atomic E-state index is 0.559. The van der Waals surface area contributed by atoms with Gasteiger partial charge < -0.3 is 9.84 Å². The first-order valence-electron chi connectivity index (χ1n) is 5.16. The molecule has 2 aromatic rings. The fraction of sp³-hybridized carbons (Fsp3) is 0.273. The van der Waals surface area contributed by atoms with Crippen LogP contribution < -0.4 is 5.32 Å². The fourth-order valence-corrected chi connectivity index (χ4v) is 1.43. The van der Waals surface area contributed by atoms with Crippen molar-refractivity contribution in [1.29, 1.82) is 5.26 Å². The van der Waals surface area contributed by atoms with Crippen LogP contribution in [-0.4, -0.2) is 21.7 Å². The average molecular weight is 229 g/mol. The predicted octanol–water partition coefficient (Wildman–Crippen LogP) is 1.30. The van der Waals surface area contributed by atoms with Crippen LogP contribution in [0.25, 0.3) is 0 Å². The van der Waals surface area contributed by atoms with E-state index in [4.69, 9.17) is 9.78 Å². The fourth-order valence-electron chi connectivity index (χ4n) is 1.43. The van der Waals surface area contributed by atoms with Gasteiger partial charge in [-0.15, -0.1) is 0 Å². The van der Waals surface area contributed by atoms with Crippen LogP contribution in [0.2, 0.25) is 0 Å². The monoisotopic (exact) mass is 229 g/mol. The quantitative estimate of drug-likeness (QED) is 0.850. The normalized spacial score (nSPS) is 9.88. The Morgan fingerprint density at radius 3 is 3.06 bits per heavy atom. The lowest BCUT2D eigenvalue weighted by Gasteiger charge is -2.06. The molecule has 0 amide bonds. The highest BCUT2D eigenvalue weighted by Crippen LogP contribution is 2.14. The van der Waals surface area contributed by atoms with Gasteiger partial charge in [-0.2, -0.15) is 10.2 Å². The Kier molecular flexibility index (Phi) is 3.31. The molecule has 0 saturated heterocycles. The van der Waals surface area contributed by atoms with Gasteiger partial charge in [0.2, 0.25) is 5.89 Å². The topological polar surface area (TPSA) is 87.6 Å². The highest BCUT2D eigenvalue weighted by Gasteiger charge is 2.06. The van der Waals surface area contributed by atoms with E-state index in [0.717, 1.165) is 5.56 Å². The zero-order chi connectivity index (χ0) is 12.1. The SMILES string of the molecule is Cc1ccnc(NCCc2ncno2)c1C#N. The average Bonchev–Trinajstić information content (AvgIpc) is 2.82. The van der Waals surface area contributed by atoms with E-state index < -0.39 is 0 Å². The number of nitriles is 1. The molecule has 86 valence electrons. The number of anilines is 1. The summed E-state index contributed by atoms with van der Waals surface area (Å²) in [7, 11) is 0. The second-order valence-corrected chi connectivity index (χ2v) is 3.48. The van der Waals surface area contributed by atoms with E-state index in [-0.39, 0.29) is 0 Å². The molecule has 2 rings (SSSR count). The Morgan fingerprint density at radius 1 is 1.47 bits per heavy atom. The molecule has 1 N–H and O–H groups in total. The van der Waals surface area contributed by atoms with Gasteiger partial charge >= 0.3 is 0 Å². The van der Waals surface area contributed by atoms with E-state index in [1.807, 2.05) is 13.0 Å². The number of rotatable bonds is 4. The highest BCUT2D eigenvalue weighted by molar-refractivity contribution is 5.55. The molecule has 0 fully saturated rings. The van der Waals surface area contributed by atoms with Gasteiger partial charge in [0.05, 0.1) is 5.56 Å². The van der Waals surface area contributed by atoms with Crippen molar-refractivity contribution in [2.24, 2.45) is 0 Å². The van der Waals surface area contributed by atoms with E-state index >= 15 is 0 Å². The third-order valence-corrected chi connectivity index (χ3v) is 2.31. The smallest absolute Gasteiger partial charge is 0.228 e. The number of aryl methyl sites for hydroxylation is 1. The summed E-state index contributed by atoms with van der Waals surface area (Å²) >= 11 is 0. The van der Waals surface area contributed by atoms with Crippen molar-refractivity contribution in [2.45, 2.75) is 13.3 Å². The van der Waals surface area contributed by atoms with Crippen LogP contribution in [0.1, 0.15) is 17.0 Å². The molecule has 6 heteroatoms. The number of nitrogens with zero attached hydrogens (tertiary/aromatic N) is 4. The van der Waals surface area contributed by atoms with Crippen molar-refractivity contribution in [3.8, 4) is 6.07 Å². The maximum Gasteiger partial charge on any atom is 0.228 e. The number of hydrogen-bond donors (Lipinski definition) is 1. The first kappa shape index (κ1) is 11.1. The first-order valence-corrected chi connectivity index (χ1v) is 5.16. The predicted molar refractivity (Wildman–Crippen MR) is 60.2 cm³/mol. The third-order valence-electron chi connectivity index (χ3n) is 2.31. The molecule has 0 aliphatic carbocycles. The highest BCUT2D eigenvalue weighted by atomic mass is 16.5. The van der Waals surface area contributed by atoms with Crippen molar-refractivity contribution < 1.29 is 4.52 Å². The molecule has 2 heterocycles. The van der Waals surface area contributed by atoms with Crippen LogP contribution in [-0.2, 0) is 6.42 Å². The number of pyridine rings is 1. The number of nitrogens with one attached hydrogen (secondary N) is 1. The van der Waals surface area contributed by atoms with Gasteiger partial charge in [-0.05, 0) is 18.6 Å². The summed E-state index contributed by atoms with van der Waals surface area (Å²) in [5.74, 6) is 1.15. The van der Waals surface area contributed by atoms with E-state index in [9.17, 15) is 0 Å². The maximum absolute atomic E-state index is 9.01. The summed E-state index contributed by atoms with van der Waals surface area (Å²) in [6.07, 6.45) is 3.63. The summed E-state index contributed by atoms with van der Waals surface area (Å²) in [6.45, 7) is 2.47. The van der Waals surface area contributed by atoms with Gasteiger partial charge in [0.1, 0.15) is 11.9 Å². The van der Waals surface area contributed by atoms with Gasteiger partial charge in [0.25, 0.3) is 0 Å². The first-order chi connectivity index (χ1) is 8.31.